The highest BCUT2D eigenvalue weighted by atomic mass is 16.3. The Morgan fingerprint density at radius 1 is 1.26 bits per heavy atom. The van der Waals surface area contributed by atoms with E-state index >= 15 is 0 Å². The molecule has 0 bridgehead atoms. The standard InChI is InChI=1S/C18H17N3O2/c22-11-1-4-18(5-2-11)6-8-20-16-13(18)14-12-10(3-7-19-14)9-21-15(12)17(16)23/h1,4,9,20,23H,2-3,5-8H2/t18-/m0/s1. The van der Waals surface area contributed by atoms with Crippen LogP contribution in [0.5, 0.6) is 5.75 Å². The lowest BCUT2D eigenvalue weighted by Gasteiger charge is -2.39. The van der Waals surface area contributed by atoms with Gasteiger partial charge < -0.3 is 10.4 Å². The minimum atomic E-state index is -0.203. The molecule has 0 aromatic heterocycles. The molecule has 0 saturated heterocycles. The van der Waals surface area contributed by atoms with E-state index in [0.29, 0.717) is 12.1 Å². The fourth-order valence-electron chi connectivity index (χ4n) is 4.36. The van der Waals surface area contributed by atoms with Crippen molar-refractivity contribution in [1.29, 1.82) is 0 Å². The molecule has 1 aliphatic carbocycles. The summed E-state index contributed by atoms with van der Waals surface area (Å²) < 4.78 is 0. The second-order valence-corrected chi connectivity index (χ2v) is 6.72. The summed E-state index contributed by atoms with van der Waals surface area (Å²) >= 11 is 0. The zero-order chi connectivity index (χ0) is 15.6. The van der Waals surface area contributed by atoms with E-state index in [1.165, 1.54) is 5.57 Å². The van der Waals surface area contributed by atoms with Gasteiger partial charge in [0.05, 0.1) is 11.0 Å². The number of phenols is 1. The van der Waals surface area contributed by atoms with Gasteiger partial charge in [-0.2, -0.15) is 0 Å². The van der Waals surface area contributed by atoms with Crippen LogP contribution in [-0.2, 0) is 10.2 Å². The van der Waals surface area contributed by atoms with E-state index in [1.54, 1.807) is 6.08 Å². The van der Waals surface area contributed by atoms with Gasteiger partial charge in [-0.15, -0.1) is 0 Å². The van der Waals surface area contributed by atoms with E-state index in [9.17, 15) is 9.90 Å². The topological polar surface area (TPSA) is 74.0 Å². The van der Waals surface area contributed by atoms with Gasteiger partial charge in [0.1, 0.15) is 5.69 Å². The molecule has 1 atom stereocenters. The molecule has 5 heteroatoms. The summed E-state index contributed by atoms with van der Waals surface area (Å²) in [5.41, 5.74) is 3.43. The Kier molecular flexibility index (Phi) is 2.45. The second kappa shape index (κ2) is 4.31. The lowest BCUT2D eigenvalue weighted by molar-refractivity contribution is -0.115. The monoisotopic (exact) mass is 307 g/mol. The molecule has 5 rings (SSSR count). The Balaban J connectivity index is 1.92. The first-order chi connectivity index (χ1) is 11.2. The van der Waals surface area contributed by atoms with Crippen molar-refractivity contribution in [2.45, 2.75) is 31.1 Å². The first-order valence-electron chi connectivity index (χ1n) is 8.17. The summed E-state index contributed by atoms with van der Waals surface area (Å²) in [6.45, 7) is 1.53. The number of benzene rings is 1. The Hall–Kier alpha value is -2.43. The number of carbonyl (C=O) groups is 1. The fourth-order valence-corrected chi connectivity index (χ4v) is 4.36. The number of phenolic OH excluding ortho intramolecular Hbond substituents is 1. The molecule has 3 aliphatic heterocycles. The van der Waals surface area contributed by atoms with Crippen molar-refractivity contribution in [3.05, 3.63) is 28.3 Å². The number of hydrogen-bond donors (Lipinski definition) is 2. The van der Waals surface area contributed by atoms with E-state index in [1.807, 2.05) is 12.3 Å². The van der Waals surface area contributed by atoms with Gasteiger partial charge in [0.25, 0.3) is 0 Å². The summed E-state index contributed by atoms with van der Waals surface area (Å²) in [5, 5.41) is 16.1. The number of rotatable bonds is 0. The average molecular weight is 307 g/mol. The van der Waals surface area contributed by atoms with E-state index in [4.69, 9.17) is 4.99 Å². The Morgan fingerprint density at radius 2 is 2.17 bits per heavy atom. The highest BCUT2D eigenvalue weighted by molar-refractivity contribution is 6.08. The number of aliphatic imine (C=N–C) groups is 1. The quantitative estimate of drug-likeness (QED) is 0.709. The third-order valence-electron chi connectivity index (χ3n) is 5.52. The van der Waals surface area contributed by atoms with Crippen LogP contribution in [0.2, 0.25) is 0 Å². The minimum absolute atomic E-state index is 0.183. The molecule has 0 amide bonds. The van der Waals surface area contributed by atoms with Crippen LogP contribution in [0.4, 0.5) is 11.4 Å². The number of ketones is 1. The van der Waals surface area contributed by atoms with E-state index < -0.39 is 0 Å². The molecule has 23 heavy (non-hydrogen) atoms. The van der Waals surface area contributed by atoms with Crippen LogP contribution >= 0.6 is 0 Å². The number of anilines is 1. The van der Waals surface area contributed by atoms with Crippen molar-refractivity contribution in [3.63, 3.8) is 0 Å². The number of aromatic hydroxyl groups is 1. The van der Waals surface area contributed by atoms with E-state index in [-0.39, 0.29) is 16.9 Å². The first-order valence-corrected chi connectivity index (χ1v) is 8.17. The van der Waals surface area contributed by atoms with Crippen molar-refractivity contribution in [3.8, 4) is 5.75 Å². The molecule has 0 radical (unpaired) electrons. The minimum Gasteiger partial charge on any atom is -0.504 e. The Labute approximate surface area is 133 Å². The van der Waals surface area contributed by atoms with Crippen LogP contribution in [0.1, 0.15) is 31.2 Å². The van der Waals surface area contributed by atoms with Gasteiger partial charge in [-0.05, 0) is 30.9 Å². The van der Waals surface area contributed by atoms with Gasteiger partial charge in [0.15, 0.2) is 11.5 Å². The predicted molar refractivity (Wildman–Crippen MR) is 88.1 cm³/mol. The zero-order valence-electron chi connectivity index (χ0n) is 12.7. The Morgan fingerprint density at radius 3 is 3.00 bits per heavy atom. The summed E-state index contributed by atoms with van der Waals surface area (Å²) in [7, 11) is 0. The lowest BCUT2D eigenvalue weighted by Crippen LogP contribution is -2.45. The van der Waals surface area contributed by atoms with E-state index in [0.717, 1.165) is 54.2 Å². The fraction of sp³-hybridized carbons (Fsp3) is 0.389. The second-order valence-electron chi connectivity index (χ2n) is 6.72. The van der Waals surface area contributed by atoms with Gasteiger partial charge in [-0.3, -0.25) is 14.8 Å². The molecule has 0 fully saturated rings. The predicted octanol–water partition coefficient (Wildman–Crippen LogP) is 1.25. The van der Waals surface area contributed by atoms with Crippen LogP contribution < -0.4 is 15.9 Å². The van der Waals surface area contributed by atoms with Crippen molar-refractivity contribution < 1.29 is 9.90 Å². The smallest absolute Gasteiger partial charge is 0.165 e. The summed E-state index contributed by atoms with van der Waals surface area (Å²) in [6.07, 6.45) is 8.74. The summed E-state index contributed by atoms with van der Waals surface area (Å²) in [5.74, 6) is 0.411. The number of nitrogens with zero attached hydrogens (tertiary/aromatic N) is 2. The molecule has 0 saturated carbocycles. The average Bonchev–Trinajstić information content (AvgIpc) is 3.01. The summed E-state index contributed by atoms with van der Waals surface area (Å²) in [4.78, 5) is 20.9. The van der Waals surface area contributed by atoms with Crippen molar-refractivity contribution in [1.82, 2.24) is 0 Å². The SMILES string of the molecule is O=C1C=C[C@@]2(CCNc3c(O)c4c5c(c32)=NCCC=5C=N4)CC1. The largest absolute Gasteiger partial charge is 0.504 e. The number of allylic oxidation sites excluding steroid dienone is 2. The maximum Gasteiger partial charge on any atom is 0.165 e. The van der Waals surface area contributed by atoms with Crippen molar-refractivity contribution >= 4 is 28.9 Å². The third-order valence-corrected chi connectivity index (χ3v) is 5.52. The van der Waals surface area contributed by atoms with Crippen molar-refractivity contribution in [2.75, 3.05) is 18.4 Å². The van der Waals surface area contributed by atoms with Crippen LogP contribution in [0, 0.1) is 0 Å². The Bertz CT molecular complexity index is 942. The maximum atomic E-state index is 11.7. The van der Waals surface area contributed by atoms with Crippen LogP contribution in [0.3, 0.4) is 0 Å². The van der Waals surface area contributed by atoms with Crippen molar-refractivity contribution in [2.24, 2.45) is 9.98 Å². The molecule has 1 aromatic rings. The highest BCUT2D eigenvalue weighted by Crippen LogP contribution is 2.47. The zero-order valence-corrected chi connectivity index (χ0v) is 12.7. The van der Waals surface area contributed by atoms with Crippen LogP contribution in [0.25, 0.3) is 5.57 Å². The first kappa shape index (κ1) is 13.0. The molecule has 2 N–H and O–H groups in total. The number of fused-ring (bicyclic) bond motifs is 3. The van der Waals surface area contributed by atoms with Crippen LogP contribution in [0.15, 0.2) is 22.1 Å². The number of carbonyl (C=O) groups excluding carboxylic acids is 1. The highest BCUT2D eigenvalue weighted by Gasteiger charge is 2.41. The molecule has 3 heterocycles. The van der Waals surface area contributed by atoms with Crippen LogP contribution in [-0.4, -0.2) is 30.2 Å². The maximum absolute atomic E-state index is 11.7. The molecular weight excluding hydrogens is 290 g/mol. The number of nitrogens with one attached hydrogen (secondary N) is 1. The normalized spacial score (nSPS) is 26.8. The van der Waals surface area contributed by atoms with Gasteiger partial charge >= 0.3 is 0 Å². The molecule has 5 nitrogen and oxygen atoms in total. The lowest BCUT2D eigenvalue weighted by atomic mass is 9.68. The van der Waals surface area contributed by atoms with Gasteiger partial charge in [0, 0.05) is 41.9 Å². The van der Waals surface area contributed by atoms with E-state index in [2.05, 4.69) is 10.3 Å². The number of hydrogen-bond acceptors (Lipinski definition) is 5. The van der Waals surface area contributed by atoms with Gasteiger partial charge in [-0.25, -0.2) is 0 Å². The summed E-state index contributed by atoms with van der Waals surface area (Å²) in [6, 6.07) is 0. The van der Waals surface area contributed by atoms with Gasteiger partial charge in [-0.1, -0.05) is 6.08 Å². The molecule has 1 aromatic carbocycles. The molecule has 1 spiro atoms. The molecular formula is C18H17N3O2. The molecule has 0 unspecified atom stereocenters. The van der Waals surface area contributed by atoms with Gasteiger partial charge in [0.2, 0.25) is 0 Å². The molecule has 4 aliphatic rings. The third kappa shape index (κ3) is 1.59. The molecule has 116 valence electrons.